The maximum Gasteiger partial charge on any atom is 0.187 e. The van der Waals surface area contributed by atoms with Crippen molar-refractivity contribution in [2.24, 2.45) is 0 Å². The molecule has 12 heteroatoms. The summed E-state index contributed by atoms with van der Waals surface area (Å²) in [6.45, 7) is 20.5. The molecular weight excluding hydrogens is 881 g/mol. The maximum atomic E-state index is 17.4. The Hall–Kier alpha value is -7.08. The molecular formula is C56H46F8N4. The lowest BCUT2D eigenvalue weighted by atomic mass is 9.92. The Morgan fingerprint density at radius 2 is 0.426 bits per heavy atom. The number of hydrogen-bond donors (Lipinski definition) is 2. The Labute approximate surface area is 388 Å². The second-order valence-electron chi connectivity index (χ2n) is 18.5. The highest BCUT2D eigenvalue weighted by molar-refractivity contribution is 6.06. The molecule has 0 spiro atoms. The number of nitrogens with zero attached hydrogens (tertiary/aromatic N) is 2. The highest BCUT2D eigenvalue weighted by Crippen LogP contribution is 2.50. The van der Waals surface area contributed by atoms with E-state index in [0.29, 0.717) is 44.5 Å². The van der Waals surface area contributed by atoms with Gasteiger partial charge in [0.05, 0.1) is 22.1 Å². The highest BCUT2D eigenvalue weighted by atomic mass is 19.2. The van der Waals surface area contributed by atoms with Crippen LogP contribution in [0.3, 0.4) is 0 Å². The second-order valence-corrected chi connectivity index (χ2v) is 18.5. The molecule has 8 bridgehead atoms. The molecule has 2 aliphatic heterocycles. The molecule has 2 N–H and O–H groups in total. The van der Waals surface area contributed by atoms with Gasteiger partial charge in [-0.15, -0.1) is 0 Å². The Morgan fingerprint density at radius 1 is 0.265 bits per heavy atom. The van der Waals surface area contributed by atoms with Gasteiger partial charge in [-0.05, 0) is 150 Å². The summed E-state index contributed by atoms with van der Waals surface area (Å²) >= 11 is 0. The number of nitrogens with one attached hydrogen (secondary N) is 2. The van der Waals surface area contributed by atoms with E-state index in [1.54, 1.807) is 132 Å². The van der Waals surface area contributed by atoms with Crippen molar-refractivity contribution in [3.8, 4) is 44.5 Å². The number of benzene rings is 4. The first-order valence-corrected chi connectivity index (χ1v) is 22.0. The van der Waals surface area contributed by atoms with Gasteiger partial charge in [0, 0.05) is 22.3 Å². The molecule has 0 saturated heterocycles. The van der Waals surface area contributed by atoms with Crippen molar-refractivity contribution >= 4 is 45.4 Å². The smallest absolute Gasteiger partial charge is 0.187 e. The van der Waals surface area contributed by atoms with E-state index >= 15 is 35.1 Å². The first-order valence-electron chi connectivity index (χ1n) is 22.0. The van der Waals surface area contributed by atoms with Crippen molar-refractivity contribution in [2.45, 2.75) is 83.1 Å². The van der Waals surface area contributed by atoms with Gasteiger partial charge in [0.15, 0.2) is 46.6 Å². The summed E-state index contributed by atoms with van der Waals surface area (Å²) in [6.07, 6.45) is 0. The minimum absolute atomic E-state index is 0.147. The molecule has 0 amide bonds. The number of halogens is 8. The molecule has 0 radical (unpaired) electrons. The standard InChI is InChI=1S/C56H46F8N4/c1-21-13-25(5)33(26(6)14-21)37-49-41(57)43(59)51(65-49)38(34-27(7)15-22(2)16-28(34)8)53-45(61)47(63)55(67-53)40(36-31(11)19-24(4)20-32(36)12)56-48(64)46(62)54(68-56)39(52-44(60)42(58)50(37)66-52)35-29(9)17-23(3)18-30(35)10/h13-20,65,68H,1-12H3. The zero-order valence-corrected chi connectivity index (χ0v) is 39.5. The lowest BCUT2D eigenvalue weighted by molar-refractivity contribution is 0.529. The van der Waals surface area contributed by atoms with Crippen LogP contribution in [-0.4, -0.2) is 19.9 Å². The molecule has 5 heterocycles. The lowest BCUT2D eigenvalue weighted by Crippen LogP contribution is -1.97. The fraction of sp³-hybridized carbons (Fsp3) is 0.214. The average Bonchev–Trinajstić information content (AvgIpc) is 3.90. The summed E-state index contributed by atoms with van der Waals surface area (Å²) in [5, 5.41) is 0. The van der Waals surface area contributed by atoms with Crippen LogP contribution in [0.5, 0.6) is 0 Å². The SMILES string of the molecule is Cc1cc(C)c(-c2c3nc(c(-c4c(C)cc(C)cc4C)c4[nH]c(c(F)c4F)c(-c4c(C)cc(C)cc4C)c4nc(c(-c5c(C)cc(C)cc5C)c5[nH]c2c(F)c5F)C(F)=C4F)C(F)=C3F)c(C)c1. The first-order chi connectivity index (χ1) is 32.0. The molecule has 7 aromatic rings. The van der Waals surface area contributed by atoms with E-state index < -0.39 is 114 Å². The molecule has 0 fully saturated rings. The van der Waals surface area contributed by atoms with Crippen LogP contribution in [0.4, 0.5) is 35.1 Å². The van der Waals surface area contributed by atoms with Crippen LogP contribution < -0.4 is 0 Å². The zero-order chi connectivity index (χ0) is 49.3. The van der Waals surface area contributed by atoms with Gasteiger partial charge in [-0.2, -0.15) is 0 Å². The predicted molar refractivity (Wildman–Crippen MR) is 257 cm³/mol. The van der Waals surface area contributed by atoms with E-state index in [1.165, 1.54) is 0 Å². The quantitative estimate of drug-likeness (QED) is 0.173. The highest BCUT2D eigenvalue weighted by Gasteiger charge is 2.36. The summed E-state index contributed by atoms with van der Waals surface area (Å²) < 4.78 is 139. The van der Waals surface area contributed by atoms with E-state index in [9.17, 15) is 0 Å². The number of rotatable bonds is 4. The van der Waals surface area contributed by atoms with Crippen LogP contribution in [0.25, 0.3) is 89.9 Å². The van der Waals surface area contributed by atoms with Gasteiger partial charge in [0.2, 0.25) is 0 Å². The van der Waals surface area contributed by atoms with Crippen LogP contribution in [0.2, 0.25) is 0 Å². The van der Waals surface area contributed by atoms with Crippen LogP contribution in [0.15, 0.2) is 48.5 Å². The van der Waals surface area contributed by atoms with Crippen molar-refractivity contribution in [3.63, 3.8) is 0 Å². The van der Waals surface area contributed by atoms with Crippen molar-refractivity contribution in [1.82, 2.24) is 19.9 Å². The lowest BCUT2D eigenvalue weighted by Gasteiger charge is -2.15. The summed E-state index contributed by atoms with van der Waals surface area (Å²) in [6, 6.07) is 13.7. The molecule has 9 rings (SSSR count). The summed E-state index contributed by atoms with van der Waals surface area (Å²) in [5.41, 5.74) is -0.420. The van der Waals surface area contributed by atoms with E-state index in [0.717, 1.165) is 22.3 Å². The molecule has 0 atom stereocenters. The second kappa shape index (κ2) is 16.3. The molecule has 2 aliphatic rings. The van der Waals surface area contributed by atoms with Gasteiger partial charge in [-0.1, -0.05) is 70.8 Å². The Kier molecular flexibility index (Phi) is 11.0. The molecule has 4 nitrogen and oxygen atoms in total. The topological polar surface area (TPSA) is 57.4 Å². The Bertz CT molecular complexity index is 3120. The fourth-order valence-electron chi connectivity index (χ4n) is 10.8. The van der Waals surface area contributed by atoms with Crippen molar-refractivity contribution in [1.29, 1.82) is 0 Å². The number of fused-ring (bicyclic) bond motifs is 8. The number of H-pyrrole nitrogens is 2. The van der Waals surface area contributed by atoms with Crippen molar-refractivity contribution in [2.75, 3.05) is 0 Å². The summed E-state index contributed by atoms with van der Waals surface area (Å²) in [5.74, 6) is -12.6. The minimum Gasteiger partial charge on any atom is -0.349 e. The third-order valence-corrected chi connectivity index (χ3v) is 13.1. The van der Waals surface area contributed by atoms with Gasteiger partial charge in [-0.25, -0.2) is 45.1 Å². The first kappa shape index (κ1) is 46.0. The average molecular weight is 927 g/mol. The van der Waals surface area contributed by atoms with Crippen molar-refractivity contribution in [3.05, 3.63) is 161 Å². The zero-order valence-electron chi connectivity index (χ0n) is 39.5. The third-order valence-electron chi connectivity index (χ3n) is 13.1. The van der Waals surface area contributed by atoms with Crippen LogP contribution >= 0.6 is 0 Å². The van der Waals surface area contributed by atoms with E-state index in [4.69, 9.17) is 0 Å². The summed E-state index contributed by atoms with van der Waals surface area (Å²) in [7, 11) is 0. The van der Waals surface area contributed by atoms with Crippen LogP contribution in [-0.2, 0) is 0 Å². The third kappa shape index (κ3) is 6.93. The normalized spacial score (nSPS) is 12.9. The van der Waals surface area contributed by atoms with Crippen LogP contribution in [0.1, 0.15) is 89.5 Å². The van der Waals surface area contributed by atoms with Gasteiger partial charge < -0.3 is 9.97 Å². The van der Waals surface area contributed by atoms with Gasteiger partial charge >= 0.3 is 0 Å². The number of hydrogen-bond acceptors (Lipinski definition) is 2. The number of aromatic nitrogens is 4. The molecule has 0 unspecified atom stereocenters. The molecule has 3 aromatic heterocycles. The molecule has 68 heavy (non-hydrogen) atoms. The minimum atomic E-state index is -1.59. The van der Waals surface area contributed by atoms with E-state index in [2.05, 4.69) is 19.9 Å². The monoisotopic (exact) mass is 926 g/mol. The number of aryl methyl sites for hydroxylation is 12. The molecule has 346 valence electrons. The number of aromatic amines is 2. The van der Waals surface area contributed by atoms with Crippen molar-refractivity contribution < 1.29 is 35.1 Å². The van der Waals surface area contributed by atoms with Crippen LogP contribution in [0, 0.1) is 106 Å². The molecule has 0 aliphatic carbocycles. The van der Waals surface area contributed by atoms with Gasteiger partial charge in [0.1, 0.15) is 22.8 Å². The summed E-state index contributed by atoms with van der Waals surface area (Å²) in [4.78, 5) is 14.7. The Morgan fingerprint density at radius 3 is 0.588 bits per heavy atom. The van der Waals surface area contributed by atoms with Gasteiger partial charge in [0.25, 0.3) is 0 Å². The maximum absolute atomic E-state index is 17.4. The van der Waals surface area contributed by atoms with E-state index in [1.807, 2.05) is 0 Å². The Balaban J connectivity index is 1.70. The van der Waals surface area contributed by atoms with Gasteiger partial charge in [-0.3, -0.25) is 0 Å². The predicted octanol–water partition coefficient (Wildman–Crippen LogP) is 16.8. The van der Waals surface area contributed by atoms with E-state index in [-0.39, 0.29) is 22.3 Å². The molecule has 4 aromatic carbocycles. The molecule has 0 saturated carbocycles. The fourth-order valence-corrected chi connectivity index (χ4v) is 10.8. The largest absolute Gasteiger partial charge is 0.349 e.